The third-order valence-electron chi connectivity index (χ3n) is 3.67. The van der Waals surface area contributed by atoms with Crippen LogP contribution in [0.4, 0.5) is 4.79 Å². The molecule has 1 atom stereocenters. The lowest BCUT2D eigenvalue weighted by Crippen LogP contribution is -2.40. The van der Waals surface area contributed by atoms with Crippen LogP contribution in [-0.2, 0) is 9.53 Å². The van der Waals surface area contributed by atoms with Gasteiger partial charge in [-0.2, -0.15) is 0 Å². The van der Waals surface area contributed by atoms with Gasteiger partial charge in [0.05, 0.1) is 13.2 Å². The van der Waals surface area contributed by atoms with Gasteiger partial charge in [-0.1, -0.05) is 0 Å². The second-order valence-corrected chi connectivity index (χ2v) is 6.01. The number of nitrogens with zero attached hydrogens (tertiary/aromatic N) is 3. The fourth-order valence-electron chi connectivity index (χ4n) is 2.58. The first-order valence-corrected chi connectivity index (χ1v) is 7.93. The van der Waals surface area contributed by atoms with Crippen molar-refractivity contribution in [2.24, 2.45) is 0 Å². The number of nitrogens with one attached hydrogen (secondary N) is 1. The molecule has 0 unspecified atom stereocenters. The Balaban J connectivity index is 1.45. The molecule has 3 amide bonds. The summed E-state index contributed by atoms with van der Waals surface area (Å²) in [6.45, 7) is 3.83. The lowest BCUT2D eigenvalue weighted by atomic mass is 10.2. The summed E-state index contributed by atoms with van der Waals surface area (Å²) in [6, 6.07) is -0.275. The smallest absolute Gasteiger partial charge is 0.324 e. The maximum atomic E-state index is 11.5. The zero-order valence-electron chi connectivity index (χ0n) is 11.7. The van der Waals surface area contributed by atoms with E-state index in [0.29, 0.717) is 13.2 Å². The van der Waals surface area contributed by atoms with E-state index in [1.54, 1.807) is 17.5 Å². The minimum atomic E-state index is -0.275. The van der Waals surface area contributed by atoms with Crippen LogP contribution in [0.2, 0.25) is 0 Å². The van der Waals surface area contributed by atoms with Gasteiger partial charge in [-0.3, -0.25) is 14.6 Å². The molecule has 2 aliphatic rings. The van der Waals surface area contributed by atoms with Crippen LogP contribution in [0.1, 0.15) is 17.5 Å². The van der Waals surface area contributed by atoms with Crippen molar-refractivity contribution in [2.75, 3.05) is 39.3 Å². The van der Waals surface area contributed by atoms with E-state index >= 15 is 0 Å². The number of morpholine rings is 1. The van der Waals surface area contributed by atoms with Gasteiger partial charge in [0.1, 0.15) is 11.1 Å². The van der Waals surface area contributed by atoms with Crippen LogP contribution in [0.3, 0.4) is 0 Å². The predicted molar refractivity (Wildman–Crippen MR) is 77.0 cm³/mol. The third kappa shape index (κ3) is 3.39. The number of thiazole rings is 1. The van der Waals surface area contributed by atoms with Crippen LogP contribution in [0.15, 0.2) is 11.6 Å². The van der Waals surface area contributed by atoms with Crippen molar-refractivity contribution in [3.63, 3.8) is 0 Å². The van der Waals surface area contributed by atoms with Gasteiger partial charge in [0.15, 0.2) is 0 Å². The largest absolute Gasteiger partial charge is 0.368 e. The quantitative estimate of drug-likeness (QED) is 0.800. The molecular formula is C13H18N4O3S. The van der Waals surface area contributed by atoms with Crippen molar-refractivity contribution in [3.8, 4) is 0 Å². The highest BCUT2D eigenvalue weighted by Gasteiger charge is 2.28. The Kier molecular flexibility index (Phi) is 4.47. The Labute approximate surface area is 126 Å². The number of amides is 3. The minimum Gasteiger partial charge on any atom is -0.368 e. The molecule has 1 N–H and O–H groups in total. The van der Waals surface area contributed by atoms with Gasteiger partial charge in [0, 0.05) is 37.8 Å². The first kappa shape index (κ1) is 14.4. The van der Waals surface area contributed by atoms with Gasteiger partial charge in [-0.15, -0.1) is 11.3 Å². The van der Waals surface area contributed by atoms with Gasteiger partial charge in [0.2, 0.25) is 5.91 Å². The van der Waals surface area contributed by atoms with Crippen LogP contribution in [0.25, 0.3) is 0 Å². The second-order valence-electron chi connectivity index (χ2n) is 5.09. The average molecular weight is 310 g/mol. The van der Waals surface area contributed by atoms with Gasteiger partial charge < -0.3 is 10.1 Å². The molecule has 2 saturated heterocycles. The third-order valence-corrected chi connectivity index (χ3v) is 4.54. The summed E-state index contributed by atoms with van der Waals surface area (Å²) in [7, 11) is 0. The maximum absolute atomic E-state index is 11.5. The fourth-order valence-corrected chi connectivity index (χ4v) is 3.26. The van der Waals surface area contributed by atoms with E-state index in [0.717, 1.165) is 31.1 Å². The van der Waals surface area contributed by atoms with Gasteiger partial charge >= 0.3 is 6.03 Å². The van der Waals surface area contributed by atoms with E-state index in [2.05, 4.69) is 15.2 Å². The SMILES string of the molecule is O=C1CNC(=O)N1CCCN1CCO[C@@H](c2nccs2)C1. The van der Waals surface area contributed by atoms with Crippen LogP contribution in [0.5, 0.6) is 0 Å². The number of aromatic nitrogens is 1. The van der Waals surface area contributed by atoms with Crippen molar-refractivity contribution in [3.05, 3.63) is 16.6 Å². The van der Waals surface area contributed by atoms with Crippen molar-refractivity contribution >= 4 is 23.3 Å². The Morgan fingerprint density at radius 1 is 1.43 bits per heavy atom. The number of carbonyl (C=O) groups excluding carboxylic acids is 2. The van der Waals surface area contributed by atoms with Gasteiger partial charge in [0.25, 0.3) is 0 Å². The zero-order valence-corrected chi connectivity index (χ0v) is 12.5. The van der Waals surface area contributed by atoms with E-state index < -0.39 is 0 Å². The van der Waals surface area contributed by atoms with Gasteiger partial charge in [-0.05, 0) is 6.42 Å². The summed E-state index contributed by atoms with van der Waals surface area (Å²) in [5.41, 5.74) is 0. The number of urea groups is 1. The van der Waals surface area contributed by atoms with E-state index in [-0.39, 0.29) is 24.6 Å². The zero-order chi connectivity index (χ0) is 14.7. The second kappa shape index (κ2) is 6.50. The van der Waals surface area contributed by atoms with Crippen molar-refractivity contribution in [2.45, 2.75) is 12.5 Å². The summed E-state index contributed by atoms with van der Waals surface area (Å²) < 4.78 is 5.74. The molecule has 3 heterocycles. The molecule has 0 aliphatic carbocycles. The molecular weight excluding hydrogens is 292 g/mol. The molecule has 0 spiro atoms. The summed E-state index contributed by atoms with van der Waals surface area (Å²) in [5, 5.41) is 5.49. The highest BCUT2D eigenvalue weighted by Crippen LogP contribution is 2.23. The monoisotopic (exact) mass is 310 g/mol. The first-order valence-electron chi connectivity index (χ1n) is 7.05. The molecule has 0 radical (unpaired) electrons. The predicted octanol–water partition coefficient (Wildman–Crippen LogP) is 0.458. The molecule has 0 saturated carbocycles. The molecule has 21 heavy (non-hydrogen) atoms. The number of ether oxygens (including phenoxy) is 1. The van der Waals surface area contributed by atoms with Crippen LogP contribution < -0.4 is 5.32 Å². The van der Waals surface area contributed by atoms with Crippen molar-refractivity contribution < 1.29 is 14.3 Å². The average Bonchev–Trinajstić information content (AvgIpc) is 3.13. The summed E-state index contributed by atoms with van der Waals surface area (Å²) >= 11 is 1.61. The molecule has 1 aromatic rings. The van der Waals surface area contributed by atoms with E-state index in [1.807, 2.05) is 5.38 Å². The van der Waals surface area contributed by atoms with Gasteiger partial charge in [-0.25, -0.2) is 9.78 Å². The normalized spacial score (nSPS) is 23.6. The number of rotatable bonds is 5. The first-order chi connectivity index (χ1) is 10.2. The molecule has 0 bridgehead atoms. The Morgan fingerprint density at radius 2 is 2.33 bits per heavy atom. The summed E-state index contributed by atoms with van der Waals surface area (Å²) in [4.78, 5) is 30.8. The standard InChI is InChI=1S/C13H18N4O3S/c18-11-8-15-13(19)17(11)4-1-3-16-5-6-20-10(9-16)12-14-2-7-21-12/h2,7,10H,1,3-6,8-9H2,(H,15,19)/t10-/m1/s1. The summed E-state index contributed by atoms with van der Waals surface area (Å²) in [5.74, 6) is -0.136. The highest BCUT2D eigenvalue weighted by molar-refractivity contribution is 7.09. The number of hydrogen-bond acceptors (Lipinski definition) is 6. The highest BCUT2D eigenvalue weighted by atomic mass is 32.1. The van der Waals surface area contributed by atoms with Crippen LogP contribution in [0, 0.1) is 0 Å². The van der Waals surface area contributed by atoms with E-state index in [1.165, 1.54) is 4.90 Å². The number of imide groups is 1. The molecule has 8 heteroatoms. The van der Waals surface area contributed by atoms with Crippen molar-refractivity contribution in [1.29, 1.82) is 0 Å². The molecule has 7 nitrogen and oxygen atoms in total. The molecule has 2 fully saturated rings. The Bertz CT molecular complexity index is 492. The molecule has 1 aromatic heterocycles. The summed E-state index contributed by atoms with van der Waals surface area (Å²) in [6.07, 6.45) is 2.61. The molecule has 0 aromatic carbocycles. The Morgan fingerprint density at radius 3 is 3.05 bits per heavy atom. The molecule has 2 aliphatic heterocycles. The number of carbonyl (C=O) groups is 2. The van der Waals surface area contributed by atoms with Crippen molar-refractivity contribution in [1.82, 2.24) is 20.1 Å². The van der Waals surface area contributed by atoms with E-state index in [4.69, 9.17) is 4.74 Å². The maximum Gasteiger partial charge on any atom is 0.324 e. The Hall–Kier alpha value is -1.51. The lowest BCUT2D eigenvalue weighted by Gasteiger charge is -2.32. The van der Waals surface area contributed by atoms with E-state index in [9.17, 15) is 9.59 Å². The fraction of sp³-hybridized carbons (Fsp3) is 0.615. The topological polar surface area (TPSA) is 74.8 Å². The van der Waals surface area contributed by atoms with Crippen LogP contribution in [-0.4, -0.2) is 66.1 Å². The minimum absolute atomic E-state index is 0.0375. The lowest BCUT2D eigenvalue weighted by molar-refractivity contribution is -0.125. The molecule has 3 rings (SSSR count). The number of hydrogen-bond donors (Lipinski definition) is 1. The van der Waals surface area contributed by atoms with Crippen LogP contribution >= 0.6 is 11.3 Å². The molecule has 114 valence electrons.